The Morgan fingerprint density at radius 3 is 2.19 bits per heavy atom. The monoisotopic (exact) mass is 430 g/mol. The van der Waals surface area contributed by atoms with Crippen molar-refractivity contribution in [2.45, 2.75) is 25.3 Å². The Balaban J connectivity index is 1.54. The van der Waals surface area contributed by atoms with Crippen molar-refractivity contribution in [3.8, 4) is 0 Å². The van der Waals surface area contributed by atoms with Crippen molar-refractivity contribution in [2.75, 3.05) is 13.1 Å². The van der Waals surface area contributed by atoms with Crippen LogP contribution in [-0.4, -0.2) is 29.8 Å². The van der Waals surface area contributed by atoms with Crippen LogP contribution in [0.3, 0.4) is 0 Å². The van der Waals surface area contributed by atoms with E-state index in [0.717, 1.165) is 11.1 Å². The molecule has 164 valence electrons. The van der Waals surface area contributed by atoms with Gasteiger partial charge in [-0.2, -0.15) is 0 Å². The maximum Gasteiger partial charge on any atom is 0.253 e. The Labute approximate surface area is 188 Å². The smallest absolute Gasteiger partial charge is 0.253 e. The largest absolute Gasteiger partial charge is 0.349 e. The Bertz CT molecular complexity index is 1050. The van der Waals surface area contributed by atoms with Crippen LogP contribution in [0.15, 0.2) is 84.9 Å². The number of hydrogen-bond donors (Lipinski definition) is 1. The van der Waals surface area contributed by atoms with Crippen molar-refractivity contribution in [3.63, 3.8) is 0 Å². The topological polar surface area (TPSA) is 49.4 Å². The molecule has 1 aliphatic rings. The number of carbonyl (C=O) groups is 2. The van der Waals surface area contributed by atoms with Crippen molar-refractivity contribution in [1.82, 2.24) is 10.2 Å². The molecule has 0 aromatic heterocycles. The molecule has 3 aromatic carbocycles. The summed E-state index contributed by atoms with van der Waals surface area (Å²) >= 11 is 0. The molecule has 0 radical (unpaired) electrons. The third kappa shape index (κ3) is 5.05. The predicted molar refractivity (Wildman–Crippen MR) is 123 cm³/mol. The summed E-state index contributed by atoms with van der Waals surface area (Å²) < 4.78 is 13.3. The van der Waals surface area contributed by atoms with Crippen LogP contribution in [0.25, 0.3) is 0 Å². The van der Waals surface area contributed by atoms with Crippen molar-refractivity contribution in [2.24, 2.45) is 5.92 Å². The lowest BCUT2D eigenvalue weighted by Gasteiger charge is -2.38. The number of halogens is 1. The first-order valence-electron chi connectivity index (χ1n) is 11.0. The highest BCUT2D eigenvalue weighted by Gasteiger charge is 2.35. The molecule has 4 rings (SSSR count). The second-order valence-electron chi connectivity index (χ2n) is 8.40. The lowest BCUT2D eigenvalue weighted by atomic mass is 9.83. The van der Waals surface area contributed by atoms with Crippen LogP contribution in [-0.2, 0) is 4.79 Å². The number of carbonyl (C=O) groups excluding carboxylic acids is 2. The lowest BCUT2D eigenvalue weighted by molar-refractivity contribution is -0.127. The van der Waals surface area contributed by atoms with Crippen molar-refractivity contribution in [3.05, 3.63) is 107 Å². The number of benzene rings is 3. The molecule has 0 saturated carbocycles. The molecule has 3 atom stereocenters. The van der Waals surface area contributed by atoms with Crippen LogP contribution in [0.4, 0.5) is 4.39 Å². The normalized spacial score (nSPS) is 19.2. The summed E-state index contributed by atoms with van der Waals surface area (Å²) in [6.45, 7) is 2.83. The molecule has 2 amide bonds. The van der Waals surface area contributed by atoms with Crippen LogP contribution in [0, 0.1) is 11.7 Å². The van der Waals surface area contributed by atoms with Crippen LogP contribution in [0.2, 0.25) is 0 Å². The fourth-order valence-corrected chi connectivity index (χ4v) is 4.35. The van der Waals surface area contributed by atoms with E-state index in [9.17, 15) is 14.0 Å². The van der Waals surface area contributed by atoms with Gasteiger partial charge in [0.05, 0.1) is 12.0 Å². The fraction of sp³-hybridized carbons (Fsp3) is 0.259. The SMILES string of the molecule is C[C@H](NC(=O)[C@@H]1C[C@@H](c2ccccc2)CN(C(=O)c2ccc(F)cc2)C1)c1ccccc1. The zero-order valence-electron chi connectivity index (χ0n) is 18.1. The molecule has 1 aliphatic heterocycles. The molecule has 1 fully saturated rings. The average Bonchev–Trinajstić information content (AvgIpc) is 2.85. The van der Waals surface area contributed by atoms with Crippen molar-refractivity contribution in [1.29, 1.82) is 0 Å². The van der Waals surface area contributed by atoms with E-state index in [2.05, 4.69) is 5.32 Å². The van der Waals surface area contributed by atoms with Gasteiger partial charge in [-0.05, 0) is 48.7 Å². The number of piperidine rings is 1. The van der Waals surface area contributed by atoms with E-state index in [1.54, 1.807) is 4.90 Å². The summed E-state index contributed by atoms with van der Waals surface area (Å²) in [4.78, 5) is 28.1. The first-order chi connectivity index (χ1) is 15.5. The van der Waals surface area contributed by atoms with Crippen LogP contribution in [0.1, 0.15) is 46.8 Å². The molecule has 1 N–H and O–H groups in total. The molecule has 0 spiro atoms. The molecule has 1 saturated heterocycles. The summed E-state index contributed by atoms with van der Waals surface area (Å²) in [5.74, 6) is -0.894. The highest BCUT2D eigenvalue weighted by molar-refractivity contribution is 5.94. The highest BCUT2D eigenvalue weighted by Crippen LogP contribution is 2.31. The van der Waals surface area contributed by atoms with Gasteiger partial charge in [0.25, 0.3) is 5.91 Å². The van der Waals surface area contributed by atoms with Crippen molar-refractivity contribution >= 4 is 11.8 Å². The predicted octanol–water partition coefficient (Wildman–Crippen LogP) is 4.95. The first kappa shape index (κ1) is 21.8. The van der Waals surface area contributed by atoms with Gasteiger partial charge < -0.3 is 10.2 Å². The number of rotatable bonds is 5. The summed E-state index contributed by atoms with van der Waals surface area (Å²) in [6.07, 6.45) is 0.671. The van der Waals surface area contributed by atoms with Gasteiger partial charge in [0.15, 0.2) is 0 Å². The first-order valence-corrected chi connectivity index (χ1v) is 11.0. The van der Waals surface area contributed by atoms with E-state index in [1.807, 2.05) is 67.6 Å². The Morgan fingerprint density at radius 2 is 1.53 bits per heavy atom. The maximum atomic E-state index is 13.3. The number of nitrogens with one attached hydrogen (secondary N) is 1. The minimum Gasteiger partial charge on any atom is -0.349 e. The fourth-order valence-electron chi connectivity index (χ4n) is 4.35. The summed E-state index contributed by atoms with van der Waals surface area (Å²) in [5.41, 5.74) is 2.57. The third-order valence-electron chi connectivity index (χ3n) is 6.13. The van der Waals surface area contributed by atoms with Gasteiger partial charge in [0, 0.05) is 24.6 Å². The quantitative estimate of drug-likeness (QED) is 0.623. The summed E-state index contributed by atoms with van der Waals surface area (Å²) in [6, 6.07) is 25.3. The van der Waals surface area contributed by atoms with Gasteiger partial charge in [0.2, 0.25) is 5.91 Å². The number of nitrogens with zero attached hydrogens (tertiary/aromatic N) is 1. The van der Waals surface area contributed by atoms with E-state index in [0.29, 0.717) is 25.1 Å². The van der Waals surface area contributed by atoms with Gasteiger partial charge in [-0.25, -0.2) is 4.39 Å². The Kier molecular flexibility index (Phi) is 6.64. The van der Waals surface area contributed by atoms with E-state index >= 15 is 0 Å². The van der Waals surface area contributed by atoms with Gasteiger partial charge in [0.1, 0.15) is 5.82 Å². The van der Waals surface area contributed by atoms with E-state index in [1.165, 1.54) is 24.3 Å². The summed E-state index contributed by atoms with van der Waals surface area (Å²) in [5, 5.41) is 3.12. The Hall–Kier alpha value is -3.47. The molecule has 0 aliphatic carbocycles. The Morgan fingerprint density at radius 1 is 0.906 bits per heavy atom. The minimum atomic E-state index is -0.380. The number of hydrogen-bond acceptors (Lipinski definition) is 2. The lowest BCUT2D eigenvalue weighted by Crippen LogP contribution is -2.48. The minimum absolute atomic E-state index is 0.0529. The second kappa shape index (κ2) is 9.77. The number of amides is 2. The molecular weight excluding hydrogens is 403 g/mol. The molecule has 32 heavy (non-hydrogen) atoms. The van der Waals surface area contributed by atoms with Gasteiger partial charge >= 0.3 is 0 Å². The van der Waals surface area contributed by atoms with E-state index < -0.39 is 0 Å². The highest BCUT2D eigenvalue weighted by atomic mass is 19.1. The molecule has 0 unspecified atom stereocenters. The molecule has 3 aromatic rings. The molecular formula is C27H27FN2O2. The molecule has 1 heterocycles. The van der Waals surface area contributed by atoms with Crippen molar-refractivity contribution < 1.29 is 14.0 Å². The summed E-state index contributed by atoms with van der Waals surface area (Å²) in [7, 11) is 0. The van der Waals surface area contributed by atoms with E-state index in [4.69, 9.17) is 0 Å². The number of likely N-dealkylation sites (tertiary alicyclic amines) is 1. The zero-order chi connectivity index (χ0) is 22.5. The molecule has 0 bridgehead atoms. The van der Waals surface area contributed by atoms with Crippen LogP contribution >= 0.6 is 0 Å². The zero-order valence-corrected chi connectivity index (χ0v) is 18.1. The van der Waals surface area contributed by atoms with Crippen LogP contribution < -0.4 is 5.32 Å². The van der Waals surface area contributed by atoms with Crippen LogP contribution in [0.5, 0.6) is 0 Å². The van der Waals surface area contributed by atoms with E-state index in [-0.39, 0.29) is 35.5 Å². The maximum absolute atomic E-state index is 13.3. The standard InChI is InChI=1S/C27H27FN2O2/c1-19(20-8-4-2-5-9-20)29-26(31)24-16-23(21-10-6-3-7-11-21)17-30(18-24)27(32)22-12-14-25(28)15-13-22/h2-15,19,23-24H,16-18H2,1H3,(H,29,31)/t19-,23+,24+/m0/s1. The molecule has 4 nitrogen and oxygen atoms in total. The third-order valence-corrected chi connectivity index (χ3v) is 6.13. The second-order valence-corrected chi connectivity index (χ2v) is 8.40. The average molecular weight is 431 g/mol. The molecule has 5 heteroatoms. The van der Waals surface area contributed by atoms with Gasteiger partial charge in [-0.3, -0.25) is 9.59 Å². The van der Waals surface area contributed by atoms with Gasteiger partial charge in [-0.15, -0.1) is 0 Å². The van der Waals surface area contributed by atoms with Gasteiger partial charge in [-0.1, -0.05) is 60.7 Å².